The summed E-state index contributed by atoms with van der Waals surface area (Å²) in [6.07, 6.45) is 0.380. The van der Waals surface area contributed by atoms with Crippen molar-refractivity contribution in [3.63, 3.8) is 0 Å². The highest BCUT2D eigenvalue weighted by molar-refractivity contribution is 7.10. The van der Waals surface area contributed by atoms with E-state index in [1.165, 1.54) is 0 Å². The van der Waals surface area contributed by atoms with Crippen LogP contribution in [0, 0.1) is 5.92 Å². The van der Waals surface area contributed by atoms with Crippen molar-refractivity contribution in [3.05, 3.63) is 22.4 Å². The number of nitrogens with zero attached hydrogens (tertiary/aromatic N) is 1. The van der Waals surface area contributed by atoms with E-state index in [1.54, 1.807) is 11.3 Å². The lowest BCUT2D eigenvalue weighted by atomic mass is 10.0. The van der Waals surface area contributed by atoms with Gasteiger partial charge in [0.2, 0.25) is 11.8 Å². The van der Waals surface area contributed by atoms with Crippen LogP contribution in [-0.2, 0) is 9.59 Å². The van der Waals surface area contributed by atoms with Gasteiger partial charge in [-0.25, -0.2) is 0 Å². The van der Waals surface area contributed by atoms with E-state index >= 15 is 0 Å². The summed E-state index contributed by atoms with van der Waals surface area (Å²) in [7, 11) is 0. The normalized spacial score (nSPS) is 22.3. The van der Waals surface area contributed by atoms with Gasteiger partial charge >= 0.3 is 0 Å². The van der Waals surface area contributed by atoms with E-state index in [0.717, 1.165) is 4.88 Å². The second-order valence-corrected chi connectivity index (χ2v) is 6.24. The average molecular weight is 280 g/mol. The lowest BCUT2D eigenvalue weighted by molar-refractivity contribution is -0.136. The van der Waals surface area contributed by atoms with Gasteiger partial charge in [0, 0.05) is 17.8 Å². The van der Waals surface area contributed by atoms with Crippen LogP contribution in [0.3, 0.4) is 0 Å². The summed E-state index contributed by atoms with van der Waals surface area (Å²) < 4.78 is 0. The lowest BCUT2D eigenvalue weighted by Crippen LogP contribution is -2.48. The maximum absolute atomic E-state index is 12.6. The van der Waals surface area contributed by atoms with Crippen LogP contribution in [0.4, 0.5) is 0 Å². The minimum Gasteiger partial charge on any atom is -0.344 e. The first-order valence-corrected chi connectivity index (χ1v) is 7.52. The third-order valence-corrected chi connectivity index (χ3v) is 4.58. The van der Waals surface area contributed by atoms with Gasteiger partial charge in [0.15, 0.2) is 0 Å². The van der Waals surface area contributed by atoms with Crippen molar-refractivity contribution in [2.24, 2.45) is 5.92 Å². The number of amides is 2. The Bertz CT molecular complexity index is 456. The van der Waals surface area contributed by atoms with Crippen molar-refractivity contribution in [1.29, 1.82) is 0 Å². The van der Waals surface area contributed by atoms with Crippen molar-refractivity contribution in [1.82, 2.24) is 10.2 Å². The first-order chi connectivity index (χ1) is 9.00. The van der Waals surface area contributed by atoms with Crippen LogP contribution in [0.25, 0.3) is 0 Å². The van der Waals surface area contributed by atoms with E-state index in [1.807, 2.05) is 43.2 Å². The first kappa shape index (κ1) is 14.1. The molecular weight excluding hydrogens is 260 g/mol. The zero-order valence-corrected chi connectivity index (χ0v) is 12.4. The van der Waals surface area contributed by atoms with Gasteiger partial charge in [0.05, 0.1) is 6.04 Å². The topological polar surface area (TPSA) is 49.4 Å². The molecule has 1 N–H and O–H groups in total. The van der Waals surface area contributed by atoms with E-state index in [0.29, 0.717) is 13.0 Å². The minimum atomic E-state index is -0.405. The van der Waals surface area contributed by atoms with Gasteiger partial charge in [-0.2, -0.15) is 0 Å². The molecule has 19 heavy (non-hydrogen) atoms. The zero-order valence-electron chi connectivity index (χ0n) is 11.6. The van der Waals surface area contributed by atoms with Crippen molar-refractivity contribution in [3.8, 4) is 0 Å². The molecule has 2 rings (SSSR count). The number of hydrogen-bond acceptors (Lipinski definition) is 3. The van der Waals surface area contributed by atoms with Crippen LogP contribution in [0.2, 0.25) is 0 Å². The molecule has 0 spiro atoms. The summed E-state index contributed by atoms with van der Waals surface area (Å²) in [5, 5.41) is 4.84. The summed E-state index contributed by atoms with van der Waals surface area (Å²) in [4.78, 5) is 27.3. The fourth-order valence-corrected chi connectivity index (χ4v) is 3.13. The van der Waals surface area contributed by atoms with E-state index in [-0.39, 0.29) is 23.8 Å². The minimum absolute atomic E-state index is 0.0291. The number of rotatable bonds is 3. The molecule has 2 heterocycles. The molecule has 1 aliphatic rings. The molecule has 104 valence electrons. The van der Waals surface area contributed by atoms with Gasteiger partial charge in [-0.1, -0.05) is 19.9 Å². The second-order valence-electron chi connectivity index (χ2n) is 5.26. The summed E-state index contributed by atoms with van der Waals surface area (Å²) in [5.74, 6) is 0.0993. The zero-order chi connectivity index (χ0) is 14.0. The summed E-state index contributed by atoms with van der Waals surface area (Å²) in [5.41, 5.74) is 0. The van der Waals surface area contributed by atoms with Gasteiger partial charge in [-0.05, 0) is 24.3 Å². The fourth-order valence-electron chi connectivity index (χ4n) is 2.34. The van der Waals surface area contributed by atoms with Crippen molar-refractivity contribution in [2.45, 2.75) is 39.3 Å². The monoisotopic (exact) mass is 280 g/mol. The number of nitrogens with one attached hydrogen (secondary N) is 1. The van der Waals surface area contributed by atoms with Crippen LogP contribution in [0.5, 0.6) is 0 Å². The number of hydrogen-bond donors (Lipinski definition) is 1. The second kappa shape index (κ2) is 5.74. The molecule has 0 bridgehead atoms. The van der Waals surface area contributed by atoms with Gasteiger partial charge in [0.1, 0.15) is 6.04 Å². The van der Waals surface area contributed by atoms with Crippen molar-refractivity contribution >= 4 is 23.2 Å². The fraction of sp³-hybridized carbons (Fsp3) is 0.571. The molecule has 5 heteroatoms. The lowest BCUT2D eigenvalue weighted by Gasteiger charge is -2.30. The van der Waals surface area contributed by atoms with Crippen LogP contribution in [-0.4, -0.2) is 29.3 Å². The van der Waals surface area contributed by atoms with Crippen molar-refractivity contribution in [2.75, 3.05) is 6.54 Å². The Morgan fingerprint density at radius 1 is 1.37 bits per heavy atom. The highest BCUT2D eigenvalue weighted by Crippen LogP contribution is 2.27. The van der Waals surface area contributed by atoms with Gasteiger partial charge in [-0.3, -0.25) is 9.59 Å². The van der Waals surface area contributed by atoms with Crippen LogP contribution < -0.4 is 5.32 Å². The number of carbonyl (C=O) groups is 2. The molecular formula is C14H20N2O2S. The van der Waals surface area contributed by atoms with E-state index in [2.05, 4.69) is 5.32 Å². The Hall–Kier alpha value is -1.36. The summed E-state index contributed by atoms with van der Waals surface area (Å²) >= 11 is 1.64. The molecule has 4 nitrogen and oxygen atoms in total. The van der Waals surface area contributed by atoms with E-state index in [9.17, 15) is 9.59 Å². The maximum atomic E-state index is 12.6. The quantitative estimate of drug-likeness (QED) is 0.922. The molecule has 1 aromatic heterocycles. The van der Waals surface area contributed by atoms with Crippen molar-refractivity contribution < 1.29 is 9.59 Å². The maximum Gasteiger partial charge on any atom is 0.245 e. The largest absolute Gasteiger partial charge is 0.344 e. The third kappa shape index (κ3) is 2.97. The highest BCUT2D eigenvalue weighted by Gasteiger charge is 2.34. The van der Waals surface area contributed by atoms with Crippen LogP contribution in [0.1, 0.15) is 38.1 Å². The molecule has 0 aliphatic carbocycles. The van der Waals surface area contributed by atoms with Crippen LogP contribution in [0.15, 0.2) is 17.5 Å². The average Bonchev–Trinajstić information content (AvgIpc) is 2.84. The molecule has 0 aromatic carbocycles. The Morgan fingerprint density at radius 3 is 2.68 bits per heavy atom. The molecule has 2 atom stereocenters. The molecule has 1 aromatic rings. The molecule has 1 saturated heterocycles. The Labute approximate surface area is 117 Å². The van der Waals surface area contributed by atoms with E-state index < -0.39 is 6.04 Å². The number of carbonyl (C=O) groups excluding carboxylic acids is 2. The third-order valence-electron chi connectivity index (χ3n) is 3.53. The SMILES string of the molecule is CC(C)C1NC(=O)CCN(C(C)c2cccs2)C1=O. The molecule has 0 radical (unpaired) electrons. The molecule has 1 aliphatic heterocycles. The van der Waals surface area contributed by atoms with Crippen LogP contribution >= 0.6 is 11.3 Å². The molecule has 1 fully saturated rings. The standard InChI is InChI=1S/C14H20N2O2S/c1-9(2)13-14(18)16(7-6-12(17)15-13)10(3)11-5-4-8-19-11/h4-5,8-10,13H,6-7H2,1-3H3,(H,15,17). The van der Waals surface area contributed by atoms with Gasteiger partial charge in [-0.15, -0.1) is 11.3 Å². The molecule has 2 unspecified atom stereocenters. The number of thiophene rings is 1. The molecule has 0 saturated carbocycles. The van der Waals surface area contributed by atoms with Gasteiger partial charge < -0.3 is 10.2 Å². The first-order valence-electron chi connectivity index (χ1n) is 6.64. The smallest absolute Gasteiger partial charge is 0.245 e. The highest BCUT2D eigenvalue weighted by atomic mass is 32.1. The predicted octanol–water partition coefficient (Wildman–Crippen LogP) is 2.18. The summed E-state index contributed by atoms with van der Waals surface area (Å²) in [6, 6.07) is 3.65. The molecule has 2 amide bonds. The predicted molar refractivity (Wildman–Crippen MR) is 75.8 cm³/mol. The summed E-state index contributed by atoms with van der Waals surface area (Å²) in [6.45, 7) is 6.44. The Morgan fingerprint density at radius 2 is 2.11 bits per heavy atom. The van der Waals surface area contributed by atoms with E-state index in [4.69, 9.17) is 0 Å². The van der Waals surface area contributed by atoms with Gasteiger partial charge in [0.25, 0.3) is 0 Å². The Balaban J connectivity index is 2.23. The Kier molecular flexibility index (Phi) is 4.24.